The molecule has 3 fully saturated rings. The second kappa shape index (κ2) is 5.99. The van der Waals surface area contributed by atoms with Crippen LogP contribution in [-0.4, -0.2) is 55.7 Å². The smallest absolute Gasteiger partial charge is 0.0593 e. The lowest BCUT2D eigenvalue weighted by molar-refractivity contribution is 0.0708. The Kier molecular flexibility index (Phi) is 4.05. The zero-order valence-electron chi connectivity index (χ0n) is 12.8. The fraction of sp³-hybridized carbons (Fsp3) is 0.765. The van der Waals surface area contributed by atoms with Gasteiger partial charge in [-0.2, -0.15) is 0 Å². The van der Waals surface area contributed by atoms with E-state index in [-0.39, 0.29) is 0 Å². The molecule has 3 nitrogen and oxygen atoms in total. The van der Waals surface area contributed by atoms with E-state index in [1.807, 2.05) is 11.3 Å². The summed E-state index contributed by atoms with van der Waals surface area (Å²) in [6.45, 7) is 9.19. The maximum absolute atomic E-state index is 5.98. The van der Waals surface area contributed by atoms with Crippen molar-refractivity contribution in [3.63, 3.8) is 0 Å². The summed E-state index contributed by atoms with van der Waals surface area (Å²) < 4.78 is 5.98. The van der Waals surface area contributed by atoms with Crippen LogP contribution in [0.1, 0.15) is 24.1 Å². The quantitative estimate of drug-likeness (QED) is 0.850. The normalized spacial score (nSPS) is 31.8. The molecule has 21 heavy (non-hydrogen) atoms. The van der Waals surface area contributed by atoms with Crippen LogP contribution in [-0.2, 0) is 11.3 Å². The van der Waals surface area contributed by atoms with Crippen molar-refractivity contribution in [2.45, 2.75) is 25.8 Å². The summed E-state index contributed by atoms with van der Waals surface area (Å²) in [7, 11) is 0. The van der Waals surface area contributed by atoms with Crippen molar-refractivity contribution in [3.8, 4) is 0 Å². The minimum absolute atomic E-state index is 0.392. The van der Waals surface area contributed by atoms with Gasteiger partial charge in [0.1, 0.15) is 0 Å². The van der Waals surface area contributed by atoms with Gasteiger partial charge < -0.3 is 9.64 Å². The first-order valence-electron chi connectivity index (χ1n) is 8.36. The Morgan fingerprint density at radius 2 is 2.14 bits per heavy atom. The molecule has 3 aliphatic rings. The van der Waals surface area contributed by atoms with Crippen LogP contribution in [0.2, 0.25) is 0 Å². The van der Waals surface area contributed by atoms with Crippen molar-refractivity contribution in [1.29, 1.82) is 0 Å². The molecule has 116 valence electrons. The number of ether oxygens (including phenoxy) is 1. The van der Waals surface area contributed by atoms with E-state index in [1.54, 1.807) is 0 Å². The molecule has 1 saturated carbocycles. The monoisotopic (exact) mass is 306 g/mol. The van der Waals surface area contributed by atoms with Gasteiger partial charge in [0.2, 0.25) is 0 Å². The van der Waals surface area contributed by atoms with Crippen molar-refractivity contribution in [2.75, 3.05) is 45.9 Å². The van der Waals surface area contributed by atoms with Crippen molar-refractivity contribution in [2.24, 2.45) is 11.3 Å². The molecule has 0 amide bonds. The van der Waals surface area contributed by atoms with Crippen LogP contribution in [0.15, 0.2) is 17.5 Å². The molecule has 0 unspecified atom stereocenters. The Morgan fingerprint density at radius 1 is 1.24 bits per heavy atom. The molecule has 4 heteroatoms. The van der Waals surface area contributed by atoms with Gasteiger partial charge in [-0.3, -0.25) is 4.90 Å². The summed E-state index contributed by atoms with van der Waals surface area (Å²) in [5.74, 6) is 0.990. The van der Waals surface area contributed by atoms with Gasteiger partial charge in [-0.25, -0.2) is 0 Å². The third-order valence-corrected chi connectivity index (χ3v) is 6.07. The highest BCUT2D eigenvalue weighted by molar-refractivity contribution is 7.09. The topological polar surface area (TPSA) is 15.7 Å². The van der Waals surface area contributed by atoms with E-state index >= 15 is 0 Å². The van der Waals surface area contributed by atoms with E-state index in [4.69, 9.17) is 4.74 Å². The Labute approximate surface area is 131 Å². The molecule has 0 aromatic carbocycles. The number of hydrogen-bond acceptors (Lipinski definition) is 4. The van der Waals surface area contributed by atoms with Gasteiger partial charge in [0.25, 0.3) is 0 Å². The van der Waals surface area contributed by atoms with E-state index in [0.29, 0.717) is 5.41 Å². The summed E-state index contributed by atoms with van der Waals surface area (Å²) in [6.07, 6.45) is 4.21. The predicted octanol–water partition coefficient (Wildman–Crippen LogP) is 2.68. The standard InChI is InChI=1S/C17H26N2OS/c1-2-16(21-9-1)11-18-6-5-17(12-18)13-19(7-8-20-14-17)10-15-3-4-15/h1-2,9,15H,3-8,10-14H2/t17-/m1/s1. The molecule has 2 saturated heterocycles. The molecule has 0 bridgehead atoms. The first-order chi connectivity index (χ1) is 10.3. The van der Waals surface area contributed by atoms with Crippen LogP contribution >= 0.6 is 11.3 Å². The molecule has 3 heterocycles. The zero-order chi connectivity index (χ0) is 14.1. The van der Waals surface area contributed by atoms with E-state index in [2.05, 4.69) is 27.3 Å². The average Bonchev–Trinajstić information content (AvgIpc) is 3.04. The van der Waals surface area contributed by atoms with Crippen molar-refractivity contribution >= 4 is 11.3 Å². The highest BCUT2D eigenvalue weighted by Gasteiger charge is 2.41. The second-order valence-corrected chi connectivity index (χ2v) is 8.30. The lowest BCUT2D eigenvalue weighted by Gasteiger charge is -2.32. The molecule has 0 radical (unpaired) electrons. The van der Waals surface area contributed by atoms with Crippen LogP contribution < -0.4 is 0 Å². The van der Waals surface area contributed by atoms with Crippen molar-refractivity contribution < 1.29 is 4.74 Å². The lowest BCUT2D eigenvalue weighted by Crippen LogP contribution is -2.41. The third-order valence-electron chi connectivity index (χ3n) is 5.21. The summed E-state index contributed by atoms with van der Waals surface area (Å²) in [5, 5.41) is 2.19. The Morgan fingerprint density at radius 3 is 2.95 bits per heavy atom. The van der Waals surface area contributed by atoms with E-state index < -0.39 is 0 Å². The maximum atomic E-state index is 5.98. The first-order valence-corrected chi connectivity index (χ1v) is 9.24. The van der Waals surface area contributed by atoms with Gasteiger partial charge in [0.05, 0.1) is 13.2 Å². The molecule has 1 atom stereocenters. The van der Waals surface area contributed by atoms with Crippen LogP contribution in [0, 0.1) is 11.3 Å². The molecule has 2 aliphatic heterocycles. The van der Waals surface area contributed by atoms with Gasteiger partial charge in [0, 0.05) is 43.0 Å². The summed E-state index contributed by atoms with van der Waals surface area (Å²) in [5.41, 5.74) is 0.392. The van der Waals surface area contributed by atoms with Gasteiger partial charge in [0.15, 0.2) is 0 Å². The Hall–Kier alpha value is -0.420. The fourth-order valence-corrected chi connectivity index (χ4v) is 4.68. The third kappa shape index (κ3) is 3.50. The van der Waals surface area contributed by atoms with Gasteiger partial charge in [-0.15, -0.1) is 11.3 Å². The predicted molar refractivity (Wildman–Crippen MR) is 86.6 cm³/mol. The largest absolute Gasteiger partial charge is 0.379 e. The van der Waals surface area contributed by atoms with Crippen LogP contribution in [0.3, 0.4) is 0 Å². The number of thiophene rings is 1. The van der Waals surface area contributed by atoms with Gasteiger partial charge in [-0.1, -0.05) is 6.07 Å². The van der Waals surface area contributed by atoms with E-state index in [9.17, 15) is 0 Å². The minimum atomic E-state index is 0.392. The van der Waals surface area contributed by atoms with Crippen LogP contribution in [0.5, 0.6) is 0 Å². The molecule has 0 N–H and O–H groups in total. The van der Waals surface area contributed by atoms with E-state index in [1.165, 1.54) is 50.3 Å². The van der Waals surface area contributed by atoms with Crippen molar-refractivity contribution in [1.82, 2.24) is 9.80 Å². The van der Waals surface area contributed by atoms with Gasteiger partial charge >= 0.3 is 0 Å². The summed E-state index contributed by atoms with van der Waals surface area (Å²) >= 11 is 1.88. The van der Waals surface area contributed by atoms with Crippen LogP contribution in [0.25, 0.3) is 0 Å². The molecular formula is C17H26N2OS. The first kappa shape index (κ1) is 14.2. The van der Waals surface area contributed by atoms with Crippen LogP contribution in [0.4, 0.5) is 0 Å². The summed E-state index contributed by atoms with van der Waals surface area (Å²) in [4.78, 5) is 6.83. The molecule has 1 aromatic heterocycles. The maximum Gasteiger partial charge on any atom is 0.0593 e. The highest BCUT2D eigenvalue weighted by atomic mass is 32.1. The number of likely N-dealkylation sites (tertiary alicyclic amines) is 1. The molecule has 1 spiro atoms. The fourth-order valence-electron chi connectivity index (χ4n) is 3.94. The Bertz CT molecular complexity index is 459. The second-order valence-electron chi connectivity index (χ2n) is 7.27. The summed E-state index contributed by atoms with van der Waals surface area (Å²) in [6, 6.07) is 4.43. The Balaban J connectivity index is 1.38. The zero-order valence-corrected chi connectivity index (χ0v) is 13.6. The average molecular weight is 306 g/mol. The van der Waals surface area contributed by atoms with Gasteiger partial charge in [-0.05, 0) is 43.2 Å². The number of nitrogens with zero attached hydrogens (tertiary/aromatic N) is 2. The number of hydrogen-bond donors (Lipinski definition) is 0. The molecule has 4 rings (SSSR count). The lowest BCUT2D eigenvalue weighted by atomic mass is 9.87. The minimum Gasteiger partial charge on any atom is -0.379 e. The molecule has 1 aliphatic carbocycles. The van der Waals surface area contributed by atoms with Crippen molar-refractivity contribution in [3.05, 3.63) is 22.4 Å². The number of rotatable bonds is 4. The van der Waals surface area contributed by atoms with E-state index in [0.717, 1.165) is 32.2 Å². The SMILES string of the molecule is c1csc(CN2CC[C@@]3(COCCN(CC4CC4)C3)C2)c1. The molecule has 1 aromatic rings. The highest BCUT2D eigenvalue weighted by Crippen LogP contribution is 2.36. The molecular weight excluding hydrogens is 280 g/mol.